The summed E-state index contributed by atoms with van der Waals surface area (Å²) in [5, 5.41) is 12.4. The van der Waals surface area contributed by atoms with Gasteiger partial charge >= 0.3 is 0 Å². The Morgan fingerprint density at radius 1 is 1.26 bits per heavy atom. The maximum absolute atomic E-state index is 12.9. The topological polar surface area (TPSA) is 86.1 Å². The molecule has 162 valence electrons. The summed E-state index contributed by atoms with van der Waals surface area (Å²) in [4.78, 5) is 31.3. The number of nitriles is 1. The van der Waals surface area contributed by atoms with Crippen LogP contribution in [0.5, 0.6) is 0 Å². The number of hydrogen-bond donors (Lipinski definition) is 1. The Morgan fingerprint density at radius 3 is 2.61 bits per heavy atom. The Labute approximate surface area is 184 Å². The fourth-order valence-corrected chi connectivity index (χ4v) is 3.97. The number of benzene rings is 1. The van der Waals surface area contributed by atoms with Crippen molar-refractivity contribution in [3.05, 3.63) is 53.9 Å². The third-order valence-electron chi connectivity index (χ3n) is 5.58. The van der Waals surface area contributed by atoms with Gasteiger partial charge in [0.15, 0.2) is 0 Å². The van der Waals surface area contributed by atoms with Crippen molar-refractivity contribution in [2.24, 2.45) is 5.41 Å². The van der Waals surface area contributed by atoms with Crippen LogP contribution in [-0.4, -0.2) is 34.3 Å². The van der Waals surface area contributed by atoms with E-state index >= 15 is 0 Å². The predicted molar refractivity (Wildman–Crippen MR) is 120 cm³/mol. The molecule has 1 aromatic heterocycles. The minimum absolute atomic E-state index is 0.0489. The van der Waals surface area contributed by atoms with Gasteiger partial charge < -0.3 is 10.2 Å². The lowest BCUT2D eigenvalue weighted by atomic mass is 9.91. The van der Waals surface area contributed by atoms with E-state index in [4.69, 9.17) is 0 Å². The summed E-state index contributed by atoms with van der Waals surface area (Å²) in [6.07, 6.45) is 5.21. The van der Waals surface area contributed by atoms with Crippen LogP contribution < -0.4 is 5.32 Å². The summed E-state index contributed by atoms with van der Waals surface area (Å²) < 4.78 is 0. The normalized spacial score (nSPS) is 17.1. The molecule has 0 spiro atoms. The number of rotatable bonds is 5. The van der Waals surface area contributed by atoms with Gasteiger partial charge in [0.25, 0.3) is 0 Å². The predicted octanol–water partition coefficient (Wildman–Crippen LogP) is 4.22. The van der Waals surface area contributed by atoms with E-state index in [1.807, 2.05) is 58.0 Å². The Balaban J connectivity index is 1.67. The number of nitrogens with zero attached hydrogens (tertiary/aromatic N) is 3. The smallest absolute Gasteiger partial charge is 0.243 e. The van der Waals surface area contributed by atoms with Crippen LogP contribution in [0.15, 0.2) is 42.7 Å². The van der Waals surface area contributed by atoms with Crippen molar-refractivity contribution >= 4 is 11.8 Å². The molecule has 1 fully saturated rings. The van der Waals surface area contributed by atoms with Gasteiger partial charge in [-0.1, -0.05) is 45.0 Å². The molecule has 1 aliphatic heterocycles. The molecule has 1 aliphatic rings. The second kappa shape index (κ2) is 9.30. The van der Waals surface area contributed by atoms with Gasteiger partial charge in [0.05, 0.1) is 11.6 Å². The standard InChI is InChI=1S/C25H30N4O2/c1-17(18-7-9-19(10-8-18)21-11-12-27-16-20(21)15-26)28-24(31)22-6-5-13-29(22)23(30)14-25(2,3)4/h7-12,16-17,22H,5-6,13-14H2,1-4H3,(H,28,31). The van der Waals surface area contributed by atoms with E-state index in [9.17, 15) is 14.9 Å². The second-order valence-electron chi connectivity index (χ2n) is 9.37. The van der Waals surface area contributed by atoms with Crippen molar-refractivity contribution in [1.29, 1.82) is 5.26 Å². The molecule has 0 aliphatic carbocycles. The molecule has 1 N–H and O–H groups in total. The van der Waals surface area contributed by atoms with Gasteiger partial charge in [-0.25, -0.2) is 0 Å². The largest absolute Gasteiger partial charge is 0.348 e. The minimum atomic E-state index is -0.397. The molecule has 3 rings (SSSR count). The molecular formula is C25H30N4O2. The molecule has 6 heteroatoms. The van der Waals surface area contributed by atoms with Crippen molar-refractivity contribution in [1.82, 2.24) is 15.2 Å². The molecule has 2 unspecified atom stereocenters. The molecule has 1 aromatic carbocycles. The summed E-state index contributed by atoms with van der Waals surface area (Å²) >= 11 is 0. The summed E-state index contributed by atoms with van der Waals surface area (Å²) in [5.41, 5.74) is 3.15. The van der Waals surface area contributed by atoms with Gasteiger partial charge in [-0.3, -0.25) is 14.6 Å². The molecular weight excluding hydrogens is 388 g/mol. The van der Waals surface area contributed by atoms with Gasteiger partial charge in [-0.05, 0) is 42.4 Å². The number of amides is 2. The highest BCUT2D eigenvalue weighted by Crippen LogP contribution is 2.27. The third kappa shape index (κ3) is 5.49. The molecule has 2 amide bonds. The number of nitrogens with one attached hydrogen (secondary N) is 1. The third-order valence-corrected chi connectivity index (χ3v) is 5.58. The number of pyridine rings is 1. The number of hydrogen-bond acceptors (Lipinski definition) is 4. The zero-order chi connectivity index (χ0) is 22.6. The maximum Gasteiger partial charge on any atom is 0.243 e. The van der Waals surface area contributed by atoms with Crippen LogP contribution in [0.4, 0.5) is 0 Å². The Kier molecular flexibility index (Phi) is 6.74. The van der Waals surface area contributed by atoms with Crippen LogP contribution in [0.1, 0.15) is 64.1 Å². The number of carbonyl (C=O) groups excluding carboxylic acids is 2. The summed E-state index contributed by atoms with van der Waals surface area (Å²) in [7, 11) is 0. The minimum Gasteiger partial charge on any atom is -0.348 e. The van der Waals surface area contributed by atoms with Crippen LogP contribution in [0, 0.1) is 16.7 Å². The zero-order valence-electron chi connectivity index (χ0n) is 18.7. The van der Waals surface area contributed by atoms with Crippen molar-refractivity contribution in [3.8, 4) is 17.2 Å². The fraction of sp³-hybridized carbons (Fsp3) is 0.440. The molecule has 0 bridgehead atoms. The van der Waals surface area contributed by atoms with E-state index in [0.717, 1.165) is 23.1 Å². The lowest BCUT2D eigenvalue weighted by Crippen LogP contribution is -2.47. The molecule has 2 atom stereocenters. The molecule has 2 aromatic rings. The van der Waals surface area contributed by atoms with E-state index in [1.54, 1.807) is 17.3 Å². The Hall–Kier alpha value is -3.20. The van der Waals surface area contributed by atoms with Crippen molar-refractivity contribution in [3.63, 3.8) is 0 Å². The molecule has 31 heavy (non-hydrogen) atoms. The SMILES string of the molecule is CC(NC(=O)C1CCCN1C(=O)CC(C)(C)C)c1ccc(-c2ccncc2C#N)cc1. The molecule has 2 heterocycles. The Morgan fingerprint density at radius 2 is 1.97 bits per heavy atom. The van der Waals surface area contributed by atoms with Crippen LogP contribution in [-0.2, 0) is 9.59 Å². The highest BCUT2D eigenvalue weighted by Gasteiger charge is 2.35. The van der Waals surface area contributed by atoms with Gasteiger partial charge in [0.2, 0.25) is 11.8 Å². The van der Waals surface area contributed by atoms with Crippen LogP contribution in [0.3, 0.4) is 0 Å². The van der Waals surface area contributed by atoms with Crippen molar-refractivity contribution in [2.75, 3.05) is 6.54 Å². The second-order valence-corrected chi connectivity index (χ2v) is 9.37. The number of aromatic nitrogens is 1. The van der Waals surface area contributed by atoms with E-state index in [0.29, 0.717) is 24.9 Å². The van der Waals surface area contributed by atoms with Crippen LogP contribution in [0.2, 0.25) is 0 Å². The molecule has 1 saturated heterocycles. The molecule has 0 radical (unpaired) electrons. The fourth-order valence-electron chi connectivity index (χ4n) is 3.97. The first kappa shape index (κ1) is 22.5. The van der Waals surface area contributed by atoms with Gasteiger partial charge in [-0.15, -0.1) is 0 Å². The average molecular weight is 419 g/mol. The molecule has 0 saturated carbocycles. The highest BCUT2D eigenvalue weighted by atomic mass is 16.2. The van der Waals surface area contributed by atoms with E-state index in [-0.39, 0.29) is 23.3 Å². The zero-order valence-corrected chi connectivity index (χ0v) is 18.7. The van der Waals surface area contributed by atoms with Crippen molar-refractivity contribution in [2.45, 2.75) is 59.0 Å². The van der Waals surface area contributed by atoms with Crippen LogP contribution in [0.25, 0.3) is 11.1 Å². The van der Waals surface area contributed by atoms with E-state index in [2.05, 4.69) is 16.4 Å². The quantitative estimate of drug-likeness (QED) is 0.787. The maximum atomic E-state index is 12.9. The highest BCUT2D eigenvalue weighted by molar-refractivity contribution is 5.88. The van der Waals surface area contributed by atoms with Gasteiger partial charge in [0, 0.05) is 30.9 Å². The first-order chi connectivity index (χ1) is 14.7. The lowest BCUT2D eigenvalue weighted by molar-refractivity contribution is -0.140. The average Bonchev–Trinajstić information content (AvgIpc) is 3.23. The van der Waals surface area contributed by atoms with E-state index in [1.165, 1.54) is 0 Å². The van der Waals surface area contributed by atoms with Crippen molar-refractivity contribution < 1.29 is 9.59 Å². The van der Waals surface area contributed by atoms with E-state index < -0.39 is 6.04 Å². The Bertz CT molecular complexity index is 986. The number of carbonyl (C=O) groups is 2. The number of likely N-dealkylation sites (tertiary alicyclic amines) is 1. The monoisotopic (exact) mass is 418 g/mol. The summed E-state index contributed by atoms with van der Waals surface area (Å²) in [6, 6.07) is 11.2. The van der Waals surface area contributed by atoms with Crippen LogP contribution >= 0.6 is 0 Å². The summed E-state index contributed by atoms with van der Waals surface area (Å²) in [5.74, 6) is -0.0509. The van der Waals surface area contributed by atoms with Gasteiger partial charge in [0.1, 0.15) is 12.1 Å². The molecule has 6 nitrogen and oxygen atoms in total. The van der Waals surface area contributed by atoms with Gasteiger partial charge in [-0.2, -0.15) is 5.26 Å². The lowest BCUT2D eigenvalue weighted by Gasteiger charge is -2.28. The first-order valence-electron chi connectivity index (χ1n) is 10.7. The summed E-state index contributed by atoms with van der Waals surface area (Å²) in [6.45, 7) is 8.69. The first-order valence-corrected chi connectivity index (χ1v) is 10.7.